The van der Waals surface area contributed by atoms with Crippen LogP contribution in [-0.4, -0.2) is 28.1 Å². The molecule has 0 fully saturated rings. The Bertz CT molecular complexity index is 1780. The highest BCUT2D eigenvalue weighted by molar-refractivity contribution is 6.53. The molecule has 1 aliphatic rings. The Kier molecular flexibility index (Phi) is 13.1. The average molecular weight is 763 g/mol. The number of Topliss-reactive ketones (excluding diaryl/α,β-unsaturated/α-hetero) is 4. The fraction of sp³-hybridized carbons (Fsp3) is 0.265. The number of carbonyl (C=O) groups excluding carboxylic acids is 4. The van der Waals surface area contributed by atoms with Crippen LogP contribution in [0.3, 0.4) is 0 Å². The summed E-state index contributed by atoms with van der Waals surface area (Å²) in [4.78, 5) is 54.5. The van der Waals surface area contributed by atoms with E-state index in [4.69, 9.17) is 81.2 Å². The van der Waals surface area contributed by atoms with Crippen LogP contribution in [0.2, 0.25) is 35.2 Å². The summed E-state index contributed by atoms with van der Waals surface area (Å²) < 4.78 is 0. The molecule has 0 radical (unpaired) electrons. The maximum Gasteiger partial charge on any atom is 0.179 e. The Morgan fingerprint density at radius 2 is 1.24 bits per heavy atom. The molecular weight excluding hydrogens is 735 g/mol. The first kappa shape index (κ1) is 38.2. The lowest BCUT2D eigenvalue weighted by atomic mass is 9.85. The fourth-order valence-corrected chi connectivity index (χ4v) is 6.90. The third-order valence-electron chi connectivity index (χ3n) is 7.57. The Hall–Kier alpha value is -2.22. The van der Waals surface area contributed by atoms with Gasteiger partial charge < -0.3 is 0 Å². The predicted octanol–water partition coefficient (Wildman–Crippen LogP) is 11.7. The summed E-state index contributed by atoms with van der Waals surface area (Å²) in [5, 5.41) is 0.760. The predicted molar refractivity (Wildman–Crippen MR) is 189 cm³/mol. The third kappa shape index (κ3) is 7.42. The summed E-state index contributed by atoms with van der Waals surface area (Å²) in [6.07, 6.45) is 2.05. The van der Waals surface area contributed by atoms with Gasteiger partial charge >= 0.3 is 0 Å². The maximum absolute atomic E-state index is 13.5. The second kappa shape index (κ2) is 15.8. The number of carbonyl (C=O) groups is 4. The Balaban J connectivity index is 0.000000286. The van der Waals surface area contributed by atoms with Crippen LogP contribution in [0, 0.1) is 33.6 Å². The van der Waals surface area contributed by atoms with Crippen LogP contribution < -0.4 is 0 Å². The summed E-state index contributed by atoms with van der Waals surface area (Å²) in [7, 11) is 0. The first-order chi connectivity index (χ1) is 21.5. The van der Waals surface area contributed by atoms with E-state index < -0.39 is 17.6 Å². The molecule has 2 atom stereocenters. The highest BCUT2D eigenvalue weighted by Crippen LogP contribution is 2.45. The summed E-state index contributed by atoms with van der Waals surface area (Å²) in [5.74, 6) is -3.18. The number of hydrogen-bond donors (Lipinski definition) is 0. The molecule has 242 valence electrons. The Labute approximate surface area is 302 Å². The molecule has 1 aliphatic carbocycles. The smallest absolute Gasteiger partial charge is 0.179 e. The van der Waals surface area contributed by atoms with Gasteiger partial charge in [0.25, 0.3) is 0 Å². The molecule has 0 saturated heterocycles. The molecule has 0 spiro atoms. The maximum atomic E-state index is 13.5. The second-order valence-corrected chi connectivity index (χ2v) is 13.3. The first-order valence-electron chi connectivity index (χ1n) is 13.9. The molecule has 0 aliphatic heterocycles. The van der Waals surface area contributed by atoms with Gasteiger partial charge in [-0.1, -0.05) is 118 Å². The van der Waals surface area contributed by atoms with Gasteiger partial charge in [0.2, 0.25) is 0 Å². The zero-order valence-corrected chi connectivity index (χ0v) is 30.8. The molecule has 2 unspecified atom stereocenters. The highest BCUT2D eigenvalue weighted by atomic mass is 35.5. The van der Waals surface area contributed by atoms with Crippen molar-refractivity contribution in [2.75, 3.05) is 0 Å². The number of rotatable bonds is 5. The average Bonchev–Trinajstić information content (AvgIpc) is 3.27. The van der Waals surface area contributed by atoms with E-state index in [1.165, 1.54) is 6.92 Å². The van der Waals surface area contributed by atoms with Crippen LogP contribution in [-0.2, 0) is 4.79 Å². The third-order valence-corrected chi connectivity index (χ3v) is 10.9. The van der Waals surface area contributed by atoms with Crippen molar-refractivity contribution in [3.05, 3.63) is 116 Å². The zero-order chi connectivity index (χ0) is 34.8. The molecule has 0 bridgehead atoms. The van der Waals surface area contributed by atoms with Gasteiger partial charge in [0.05, 0.1) is 46.6 Å². The van der Waals surface area contributed by atoms with Gasteiger partial charge in [-0.3, -0.25) is 24.2 Å². The fourth-order valence-electron chi connectivity index (χ4n) is 5.01. The van der Waals surface area contributed by atoms with Crippen molar-refractivity contribution >= 4 is 104 Å². The van der Waals surface area contributed by atoms with E-state index in [0.717, 1.165) is 5.56 Å². The molecule has 2 aromatic carbocycles. The zero-order valence-electron chi connectivity index (χ0n) is 25.6. The van der Waals surface area contributed by atoms with E-state index in [1.807, 2.05) is 19.1 Å². The van der Waals surface area contributed by atoms with Crippen LogP contribution in [0.4, 0.5) is 0 Å². The van der Waals surface area contributed by atoms with Crippen LogP contribution in [0.1, 0.15) is 85.2 Å². The number of ketones is 4. The molecule has 46 heavy (non-hydrogen) atoms. The Morgan fingerprint density at radius 3 is 1.80 bits per heavy atom. The summed E-state index contributed by atoms with van der Waals surface area (Å²) in [5.41, 5.74) is 3.39. The topological polar surface area (TPSA) is 81.2 Å². The molecule has 5 nitrogen and oxygen atoms in total. The standard InChI is InChI=1S/C22H19Cl4NO2.C12H9Cl3O2/c1-11-7-5-9-15(13(3)27-10-6-8-11)17(14(4)28)22(29)16-12(2)18(23)20(25)21(26)19(16)24;1-3-5-11(16)6-7(12(5)17)10(15)9(14)4(2)8(6)13/h5-10,17H,1-4H3;5H,3H2,1-2H3. The van der Waals surface area contributed by atoms with Gasteiger partial charge in [-0.2, -0.15) is 0 Å². The van der Waals surface area contributed by atoms with Gasteiger partial charge in [0.1, 0.15) is 11.7 Å². The van der Waals surface area contributed by atoms with Crippen molar-refractivity contribution in [1.82, 2.24) is 4.98 Å². The van der Waals surface area contributed by atoms with E-state index >= 15 is 0 Å². The van der Waals surface area contributed by atoms with Crippen LogP contribution >= 0.6 is 81.2 Å². The van der Waals surface area contributed by atoms with Crippen molar-refractivity contribution in [1.29, 1.82) is 0 Å². The van der Waals surface area contributed by atoms with Crippen molar-refractivity contribution in [3.63, 3.8) is 0 Å². The molecule has 4 rings (SSSR count). The second-order valence-electron chi connectivity index (χ2n) is 10.6. The van der Waals surface area contributed by atoms with E-state index in [-0.39, 0.29) is 69.2 Å². The van der Waals surface area contributed by atoms with E-state index in [1.54, 1.807) is 52.1 Å². The minimum Gasteiger partial charge on any atom is -0.299 e. The molecule has 1 aromatic heterocycles. The van der Waals surface area contributed by atoms with Gasteiger partial charge in [0, 0.05) is 23.0 Å². The minimum atomic E-state index is -1.12. The molecular formula is C34H28Cl7NO4. The van der Waals surface area contributed by atoms with Crippen molar-refractivity contribution in [2.45, 2.75) is 53.9 Å². The van der Waals surface area contributed by atoms with Gasteiger partial charge in [0.15, 0.2) is 17.3 Å². The lowest BCUT2D eigenvalue weighted by Crippen LogP contribution is -2.22. The largest absolute Gasteiger partial charge is 0.299 e. The number of fused-ring (bicyclic) bond motifs is 1. The van der Waals surface area contributed by atoms with E-state index in [0.29, 0.717) is 28.8 Å². The number of halogens is 7. The number of hydrogen-bond acceptors (Lipinski definition) is 5. The molecule has 12 heteroatoms. The molecule has 0 amide bonds. The lowest BCUT2D eigenvalue weighted by molar-refractivity contribution is -0.117. The van der Waals surface area contributed by atoms with Crippen molar-refractivity contribution in [2.24, 2.45) is 5.92 Å². The molecule has 0 saturated carbocycles. The number of benzene rings is 2. The van der Waals surface area contributed by atoms with Gasteiger partial charge in [-0.05, 0) is 63.8 Å². The van der Waals surface area contributed by atoms with Gasteiger partial charge in [-0.25, -0.2) is 0 Å². The lowest BCUT2D eigenvalue weighted by Gasteiger charge is -2.18. The van der Waals surface area contributed by atoms with Crippen LogP contribution in [0.5, 0.6) is 0 Å². The quantitative estimate of drug-likeness (QED) is 0.112. The van der Waals surface area contributed by atoms with Crippen LogP contribution in [0.25, 0.3) is 0 Å². The first-order valence-corrected chi connectivity index (χ1v) is 16.5. The number of nitrogens with zero attached hydrogens (tertiary/aromatic N) is 1. The summed E-state index contributed by atoms with van der Waals surface area (Å²) in [6.45, 7) is 10.1. The monoisotopic (exact) mass is 759 g/mol. The summed E-state index contributed by atoms with van der Waals surface area (Å²) in [6, 6.07) is 9.05. The number of aromatic nitrogens is 1. The highest BCUT2D eigenvalue weighted by Gasteiger charge is 2.42. The molecule has 0 N–H and O–H groups in total. The minimum absolute atomic E-state index is 0.0245. The normalized spacial score (nSPS) is 14.2. The SMILES string of the molecule is CC(=O)C(C(=O)c1c(C)c(Cl)c(Cl)c(Cl)c1Cl)c1cccc(C)cccnc1C.CCC1C(=O)c2c(Cl)c(C)c(Cl)c(Cl)c2C1=O. The van der Waals surface area contributed by atoms with Crippen LogP contribution in [0.15, 0.2) is 36.5 Å². The van der Waals surface area contributed by atoms with Crippen molar-refractivity contribution in [3.8, 4) is 0 Å². The van der Waals surface area contributed by atoms with E-state index in [2.05, 4.69) is 4.98 Å². The molecule has 1 heterocycles. The van der Waals surface area contributed by atoms with E-state index in [9.17, 15) is 19.2 Å². The molecule has 3 aromatic rings. The van der Waals surface area contributed by atoms with Crippen molar-refractivity contribution < 1.29 is 19.2 Å². The number of aryl methyl sites for hydroxylation is 2. The Morgan fingerprint density at radius 1 is 0.717 bits per heavy atom. The summed E-state index contributed by atoms with van der Waals surface area (Å²) >= 11 is 42.9. The van der Waals surface area contributed by atoms with Gasteiger partial charge in [-0.15, -0.1) is 0 Å².